The second kappa shape index (κ2) is 10.4. The van der Waals surface area contributed by atoms with Gasteiger partial charge in [0.05, 0.1) is 11.3 Å². The predicted molar refractivity (Wildman–Crippen MR) is 123 cm³/mol. The van der Waals surface area contributed by atoms with Gasteiger partial charge in [0.1, 0.15) is 0 Å². The second-order valence-corrected chi connectivity index (χ2v) is 7.99. The molecule has 4 rings (SSSR count). The van der Waals surface area contributed by atoms with Gasteiger partial charge in [-0.05, 0) is 48.5 Å². The van der Waals surface area contributed by atoms with Crippen molar-refractivity contribution in [2.24, 2.45) is 0 Å². The van der Waals surface area contributed by atoms with E-state index in [2.05, 4.69) is 25.8 Å². The number of rotatable bonds is 7. The van der Waals surface area contributed by atoms with E-state index in [0.717, 1.165) is 23.9 Å². The third-order valence-electron chi connectivity index (χ3n) is 4.52. The van der Waals surface area contributed by atoms with Crippen LogP contribution in [0.5, 0.6) is 0 Å². The number of halogens is 3. The van der Waals surface area contributed by atoms with Gasteiger partial charge in [-0.25, -0.2) is 0 Å². The Morgan fingerprint density at radius 1 is 0.914 bits per heavy atom. The second-order valence-electron chi connectivity index (χ2n) is 7.06. The molecule has 2 aromatic carbocycles. The highest BCUT2D eigenvalue weighted by atomic mass is 32.2. The molecule has 0 atom stereocenters. The Morgan fingerprint density at radius 2 is 1.63 bits per heavy atom. The summed E-state index contributed by atoms with van der Waals surface area (Å²) in [6.07, 6.45) is -1.34. The fourth-order valence-corrected chi connectivity index (χ4v) is 3.48. The smallest absolute Gasteiger partial charge is 0.411 e. The first-order valence-electron chi connectivity index (χ1n) is 10.0. The molecule has 178 valence electrons. The highest BCUT2D eigenvalue weighted by Crippen LogP contribution is 2.31. The molecule has 2 N–H and O–H groups in total. The molecule has 2 amide bonds. The third-order valence-corrected chi connectivity index (χ3v) is 5.34. The summed E-state index contributed by atoms with van der Waals surface area (Å²) in [5, 5.41) is 13.1. The Hall–Kier alpha value is -4.19. The SMILES string of the molecule is O=C(CSc1nnc(-c2ccncc2)o1)Nc1cccc(C(=O)Nc2cccc(C(F)(F)F)c2)c1. The lowest BCUT2D eigenvalue weighted by Gasteiger charge is -2.11. The fourth-order valence-electron chi connectivity index (χ4n) is 2.92. The van der Waals surface area contributed by atoms with Crippen LogP contribution in [0.1, 0.15) is 15.9 Å². The molecule has 12 heteroatoms. The normalized spacial score (nSPS) is 11.2. The number of nitrogens with zero attached hydrogens (tertiary/aromatic N) is 3. The van der Waals surface area contributed by atoms with Crippen molar-refractivity contribution in [2.75, 3.05) is 16.4 Å². The van der Waals surface area contributed by atoms with E-state index < -0.39 is 17.6 Å². The largest absolute Gasteiger partial charge is 0.416 e. The predicted octanol–water partition coefficient (Wildman–Crippen LogP) is 5.13. The van der Waals surface area contributed by atoms with Crippen LogP contribution in [0.4, 0.5) is 24.5 Å². The molecule has 0 aliphatic heterocycles. The lowest BCUT2D eigenvalue weighted by Crippen LogP contribution is -2.16. The van der Waals surface area contributed by atoms with Gasteiger partial charge in [0.15, 0.2) is 0 Å². The Balaban J connectivity index is 1.34. The maximum absolute atomic E-state index is 12.9. The topological polar surface area (TPSA) is 110 Å². The number of carbonyl (C=O) groups is 2. The summed E-state index contributed by atoms with van der Waals surface area (Å²) in [6, 6.07) is 13.8. The third kappa shape index (κ3) is 6.44. The monoisotopic (exact) mass is 499 g/mol. The summed E-state index contributed by atoms with van der Waals surface area (Å²) in [5.74, 6) is -0.730. The van der Waals surface area contributed by atoms with E-state index >= 15 is 0 Å². The van der Waals surface area contributed by atoms with Crippen LogP contribution in [0.25, 0.3) is 11.5 Å². The Morgan fingerprint density at radius 3 is 2.37 bits per heavy atom. The van der Waals surface area contributed by atoms with Crippen LogP contribution in [0, 0.1) is 0 Å². The van der Waals surface area contributed by atoms with Crippen molar-refractivity contribution >= 4 is 35.0 Å². The molecule has 0 aliphatic carbocycles. The van der Waals surface area contributed by atoms with E-state index in [-0.39, 0.29) is 28.1 Å². The molecule has 2 heterocycles. The minimum Gasteiger partial charge on any atom is -0.411 e. The number of thioether (sulfide) groups is 1. The van der Waals surface area contributed by atoms with Crippen LogP contribution < -0.4 is 10.6 Å². The summed E-state index contributed by atoms with van der Waals surface area (Å²) < 4.78 is 44.2. The maximum Gasteiger partial charge on any atom is 0.416 e. The van der Waals surface area contributed by atoms with Gasteiger partial charge in [-0.2, -0.15) is 13.2 Å². The van der Waals surface area contributed by atoms with Crippen molar-refractivity contribution in [3.8, 4) is 11.5 Å². The lowest BCUT2D eigenvalue weighted by atomic mass is 10.1. The summed E-state index contributed by atoms with van der Waals surface area (Å²) in [4.78, 5) is 28.7. The zero-order valence-corrected chi connectivity index (χ0v) is 18.6. The van der Waals surface area contributed by atoms with Gasteiger partial charge in [0.2, 0.25) is 11.8 Å². The minimum absolute atomic E-state index is 0.00126. The number of benzene rings is 2. The number of pyridine rings is 1. The zero-order valence-electron chi connectivity index (χ0n) is 17.7. The molecule has 35 heavy (non-hydrogen) atoms. The summed E-state index contributed by atoms with van der Waals surface area (Å²) in [5.41, 5.74) is 0.329. The first-order chi connectivity index (χ1) is 16.8. The molecule has 0 fully saturated rings. The number of nitrogens with one attached hydrogen (secondary N) is 2. The molecule has 0 radical (unpaired) electrons. The molecule has 0 saturated carbocycles. The highest BCUT2D eigenvalue weighted by Gasteiger charge is 2.30. The molecule has 2 aromatic heterocycles. The van der Waals surface area contributed by atoms with Gasteiger partial charge in [0.25, 0.3) is 11.1 Å². The molecule has 0 spiro atoms. The molecule has 8 nitrogen and oxygen atoms in total. The molecule has 0 unspecified atom stereocenters. The number of alkyl halides is 3. The molecule has 0 saturated heterocycles. The van der Waals surface area contributed by atoms with Crippen LogP contribution >= 0.6 is 11.8 Å². The van der Waals surface area contributed by atoms with E-state index in [1.807, 2.05) is 0 Å². The van der Waals surface area contributed by atoms with Gasteiger partial charge < -0.3 is 15.1 Å². The number of carbonyl (C=O) groups excluding carboxylic acids is 2. The van der Waals surface area contributed by atoms with Crippen LogP contribution in [-0.2, 0) is 11.0 Å². The van der Waals surface area contributed by atoms with E-state index in [4.69, 9.17) is 4.42 Å². The number of amides is 2. The van der Waals surface area contributed by atoms with Crippen molar-refractivity contribution in [3.05, 3.63) is 84.2 Å². The van der Waals surface area contributed by atoms with Gasteiger partial charge in [-0.15, -0.1) is 10.2 Å². The molecule has 0 aliphatic rings. The average molecular weight is 499 g/mol. The minimum atomic E-state index is -4.52. The summed E-state index contributed by atoms with van der Waals surface area (Å²) in [6.45, 7) is 0. The van der Waals surface area contributed by atoms with E-state index in [0.29, 0.717) is 17.1 Å². The number of hydrogen-bond donors (Lipinski definition) is 2. The zero-order chi connectivity index (χ0) is 24.8. The Kier molecular flexibility index (Phi) is 7.11. The van der Waals surface area contributed by atoms with Crippen molar-refractivity contribution in [3.63, 3.8) is 0 Å². The number of hydrogen-bond acceptors (Lipinski definition) is 7. The lowest BCUT2D eigenvalue weighted by molar-refractivity contribution is -0.137. The molecule has 0 bridgehead atoms. The fraction of sp³-hybridized carbons (Fsp3) is 0.0870. The van der Waals surface area contributed by atoms with Gasteiger partial charge in [0, 0.05) is 34.9 Å². The standard InChI is InChI=1S/C23H16F3N5O3S/c24-23(25,26)16-4-2-6-18(12-16)29-20(33)15-3-1-5-17(11-15)28-19(32)13-35-22-31-30-21(34-22)14-7-9-27-10-8-14/h1-12H,13H2,(H,28,32)(H,29,33). The quantitative estimate of drug-likeness (QED) is 0.339. The summed E-state index contributed by atoms with van der Waals surface area (Å²) >= 11 is 1.04. The van der Waals surface area contributed by atoms with Crippen molar-refractivity contribution in [2.45, 2.75) is 11.4 Å². The average Bonchev–Trinajstić information content (AvgIpc) is 3.32. The molecule has 4 aromatic rings. The molecular formula is C23H16F3N5O3S. The summed E-state index contributed by atoms with van der Waals surface area (Å²) in [7, 11) is 0. The van der Waals surface area contributed by atoms with Crippen molar-refractivity contribution < 1.29 is 27.2 Å². The van der Waals surface area contributed by atoms with Crippen LogP contribution in [-0.4, -0.2) is 32.7 Å². The van der Waals surface area contributed by atoms with Gasteiger partial charge in [-0.1, -0.05) is 23.9 Å². The van der Waals surface area contributed by atoms with E-state index in [9.17, 15) is 22.8 Å². The van der Waals surface area contributed by atoms with Crippen LogP contribution in [0.15, 0.2) is 82.7 Å². The van der Waals surface area contributed by atoms with Crippen LogP contribution in [0.3, 0.4) is 0 Å². The first-order valence-corrected chi connectivity index (χ1v) is 11.0. The molecular weight excluding hydrogens is 483 g/mol. The number of aromatic nitrogens is 3. The van der Waals surface area contributed by atoms with Crippen molar-refractivity contribution in [1.82, 2.24) is 15.2 Å². The van der Waals surface area contributed by atoms with Crippen LogP contribution in [0.2, 0.25) is 0 Å². The Bertz CT molecular complexity index is 1350. The van der Waals surface area contributed by atoms with E-state index in [1.165, 1.54) is 24.3 Å². The van der Waals surface area contributed by atoms with E-state index in [1.54, 1.807) is 36.7 Å². The highest BCUT2D eigenvalue weighted by molar-refractivity contribution is 7.99. The Labute approximate surface area is 201 Å². The maximum atomic E-state index is 12.9. The number of anilines is 2. The van der Waals surface area contributed by atoms with Crippen molar-refractivity contribution in [1.29, 1.82) is 0 Å². The van der Waals surface area contributed by atoms with Gasteiger partial charge >= 0.3 is 6.18 Å². The first kappa shape index (κ1) is 24.0. The van der Waals surface area contributed by atoms with Gasteiger partial charge in [-0.3, -0.25) is 14.6 Å².